The van der Waals surface area contributed by atoms with E-state index >= 15 is 0 Å². The molecule has 0 bridgehead atoms. The van der Waals surface area contributed by atoms with E-state index in [4.69, 9.17) is 4.42 Å². The van der Waals surface area contributed by atoms with Crippen LogP contribution in [0, 0.1) is 6.92 Å². The number of piperazine rings is 1. The Morgan fingerprint density at radius 2 is 2.10 bits per heavy atom. The van der Waals surface area contributed by atoms with Gasteiger partial charge in [0, 0.05) is 31.9 Å². The fourth-order valence-corrected chi connectivity index (χ4v) is 2.45. The molecule has 1 N–H and O–H groups in total. The minimum absolute atomic E-state index is 0.0238. The summed E-state index contributed by atoms with van der Waals surface area (Å²) in [5, 5.41) is 7.10. The van der Waals surface area contributed by atoms with Crippen LogP contribution >= 0.6 is 0 Å². The molecule has 0 aliphatic carbocycles. The van der Waals surface area contributed by atoms with Gasteiger partial charge in [-0.25, -0.2) is 0 Å². The summed E-state index contributed by atoms with van der Waals surface area (Å²) in [7, 11) is 2.07. The molecular formula is C14H18N4O2. The van der Waals surface area contributed by atoms with E-state index in [1.807, 2.05) is 17.9 Å². The first-order valence-corrected chi connectivity index (χ1v) is 6.73. The third-order valence-electron chi connectivity index (χ3n) is 3.71. The maximum atomic E-state index is 12.7. The van der Waals surface area contributed by atoms with Gasteiger partial charge in [0.15, 0.2) is 5.76 Å². The van der Waals surface area contributed by atoms with Crippen molar-refractivity contribution >= 4 is 5.91 Å². The second kappa shape index (κ2) is 5.13. The second-order valence-electron chi connectivity index (χ2n) is 5.14. The molecule has 1 amide bonds. The molecule has 1 aliphatic heterocycles. The Kier molecular flexibility index (Phi) is 3.31. The summed E-state index contributed by atoms with van der Waals surface area (Å²) in [4.78, 5) is 16.8. The maximum absolute atomic E-state index is 12.7. The van der Waals surface area contributed by atoms with E-state index in [0.29, 0.717) is 17.0 Å². The highest BCUT2D eigenvalue weighted by Gasteiger charge is 2.27. The molecule has 2 aromatic rings. The number of aromatic nitrogens is 2. The van der Waals surface area contributed by atoms with Crippen LogP contribution in [0.1, 0.15) is 16.1 Å². The molecule has 1 saturated heterocycles. The SMILES string of the molecule is Cc1[nH]nc(-c2ccco2)c1C(=O)N1CCN(C)CC1. The van der Waals surface area contributed by atoms with E-state index in [0.717, 1.165) is 31.9 Å². The zero-order chi connectivity index (χ0) is 14.1. The van der Waals surface area contributed by atoms with E-state index < -0.39 is 0 Å². The molecule has 3 heterocycles. The van der Waals surface area contributed by atoms with Gasteiger partial charge in [-0.2, -0.15) is 5.10 Å². The number of hydrogen-bond acceptors (Lipinski definition) is 4. The Morgan fingerprint density at radius 3 is 2.75 bits per heavy atom. The Balaban J connectivity index is 1.90. The Morgan fingerprint density at radius 1 is 1.35 bits per heavy atom. The van der Waals surface area contributed by atoms with Gasteiger partial charge in [0.25, 0.3) is 5.91 Å². The summed E-state index contributed by atoms with van der Waals surface area (Å²) in [6, 6.07) is 3.61. The number of amides is 1. The molecule has 0 aromatic carbocycles. The number of furan rings is 1. The van der Waals surface area contributed by atoms with Crippen molar-refractivity contribution in [3.63, 3.8) is 0 Å². The fourth-order valence-electron chi connectivity index (χ4n) is 2.45. The van der Waals surface area contributed by atoms with Crippen molar-refractivity contribution in [1.82, 2.24) is 20.0 Å². The summed E-state index contributed by atoms with van der Waals surface area (Å²) < 4.78 is 5.37. The van der Waals surface area contributed by atoms with Gasteiger partial charge in [-0.05, 0) is 26.1 Å². The third kappa shape index (κ3) is 2.22. The number of rotatable bonds is 2. The standard InChI is InChI=1S/C14H18N4O2/c1-10-12(13(16-15-10)11-4-3-9-20-11)14(19)18-7-5-17(2)6-8-18/h3-4,9H,5-8H2,1-2H3,(H,15,16). The smallest absolute Gasteiger partial charge is 0.258 e. The number of aromatic amines is 1. The topological polar surface area (TPSA) is 65.4 Å². The highest BCUT2D eigenvalue weighted by Crippen LogP contribution is 2.25. The Hall–Kier alpha value is -2.08. The number of nitrogens with one attached hydrogen (secondary N) is 1. The van der Waals surface area contributed by atoms with Crippen molar-refractivity contribution in [2.24, 2.45) is 0 Å². The van der Waals surface area contributed by atoms with E-state index in [2.05, 4.69) is 22.1 Å². The lowest BCUT2D eigenvalue weighted by Crippen LogP contribution is -2.47. The largest absolute Gasteiger partial charge is 0.463 e. The maximum Gasteiger partial charge on any atom is 0.258 e. The third-order valence-corrected chi connectivity index (χ3v) is 3.71. The number of aryl methyl sites for hydroxylation is 1. The number of likely N-dealkylation sites (N-methyl/N-ethyl adjacent to an activating group) is 1. The van der Waals surface area contributed by atoms with Gasteiger partial charge < -0.3 is 14.2 Å². The van der Waals surface area contributed by atoms with Crippen molar-refractivity contribution in [2.75, 3.05) is 33.2 Å². The summed E-state index contributed by atoms with van der Waals surface area (Å²) in [5.74, 6) is 0.641. The molecule has 3 rings (SSSR count). The molecular weight excluding hydrogens is 256 g/mol. The summed E-state index contributed by atoms with van der Waals surface area (Å²) in [6.45, 7) is 5.16. The molecule has 1 fully saturated rings. The predicted octanol–water partition coefficient (Wildman–Crippen LogP) is 1.37. The van der Waals surface area contributed by atoms with Crippen molar-refractivity contribution in [3.05, 3.63) is 29.7 Å². The number of hydrogen-bond donors (Lipinski definition) is 1. The first-order chi connectivity index (χ1) is 9.66. The van der Waals surface area contributed by atoms with Crippen LogP contribution in [-0.2, 0) is 0 Å². The van der Waals surface area contributed by atoms with Gasteiger partial charge in [-0.1, -0.05) is 0 Å². The second-order valence-corrected chi connectivity index (χ2v) is 5.14. The fraction of sp³-hybridized carbons (Fsp3) is 0.429. The minimum atomic E-state index is 0.0238. The van der Waals surface area contributed by atoms with E-state index in [-0.39, 0.29) is 5.91 Å². The van der Waals surface area contributed by atoms with Gasteiger partial charge in [0.2, 0.25) is 0 Å². The van der Waals surface area contributed by atoms with Gasteiger partial charge >= 0.3 is 0 Å². The Labute approximate surface area is 117 Å². The molecule has 20 heavy (non-hydrogen) atoms. The van der Waals surface area contributed by atoms with Crippen LogP contribution in [0.5, 0.6) is 0 Å². The van der Waals surface area contributed by atoms with Crippen LogP contribution in [0.25, 0.3) is 11.5 Å². The van der Waals surface area contributed by atoms with Crippen LogP contribution in [0.3, 0.4) is 0 Å². The van der Waals surface area contributed by atoms with Gasteiger partial charge in [-0.15, -0.1) is 0 Å². The quantitative estimate of drug-likeness (QED) is 0.898. The van der Waals surface area contributed by atoms with Gasteiger partial charge in [-0.3, -0.25) is 9.89 Å². The summed E-state index contributed by atoms with van der Waals surface area (Å²) in [5.41, 5.74) is 1.99. The van der Waals surface area contributed by atoms with Crippen molar-refractivity contribution in [1.29, 1.82) is 0 Å². The lowest BCUT2D eigenvalue weighted by atomic mass is 10.1. The molecule has 0 saturated carbocycles. The molecule has 6 nitrogen and oxygen atoms in total. The minimum Gasteiger partial charge on any atom is -0.463 e. The van der Waals surface area contributed by atoms with E-state index in [1.165, 1.54) is 0 Å². The molecule has 0 spiro atoms. The predicted molar refractivity (Wildman–Crippen MR) is 74.4 cm³/mol. The summed E-state index contributed by atoms with van der Waals surface area (Å²) >= 11 is 0. The monoisotopic (exact) mass is 274 g/mol. The number of nitrogens with zero attached hydrogens (tertiary/aromatic N) is 3. The molecule has 2 aromatic heterocycles. The highest BCUT2D eigenvalue weighted by atomic mass is 16.3. The first-order valence-electron chi connectivity index (χ1n) is 6.73. The lowest BCUT2D eigenvalue weighted by molar-refractivity contribution is 0.0664. The highest BCUT2D eigenvalue weighted by molar-refractivity contribution is 6.00. The normalized spacial score (nSPS) is 16.6. The van der Waals surface area contributed by atoms with Crippen molar-refractivity contribution < 1.29 is 9.21 Å². The molecule has 106 valence electrons. The summed E-state index contributed by atoms with van der Waals surface area (Å²) in [6.07, 6.45) is 1.59. The van der Waals surface area contributed by atoms with Gasteiger partial charge in [0.1, 0.15) is 5.69 Å². The molecule has 0 unspecified atom stereocenters. The van der Waals surface area contributed by atoms with Crippen molar-refractivity contribution in [2.45, 2.75) is 6.92 Å². The van der Waals surface area contributed by atoms with Crippen LogP contribution < -0.4 is 0 Å². The average Bonchev–Trinajstić information content (AvgIpc) is 3.07. The van der Waals surface area contributed by atoms with E-state index in [1.54, 1.807) is 12.3 Å². The van der Waals surface area contributed by atoms with Crippen molar-refractivity contribution in [3.8, 4) is 11.5 Å². The number of carbonyl (C=O) groups is 1. The number of H-pyrrole nitrogens is 1. The van der Waals surface area contributed by atoms with Crippen LogP contribution in [0.15, 0.2) is 22.8 Å². The molecule has 1 aliphatic rings. The molecule has 0 atom stereocenters. The lowest BCUT2D eigenvalue weighted by Gasteiger charge is -2.32. The Bertz CT molecular complexity index is 595. The van der Waals surface area contributed by atoms with Gasteiger partial charge in [0.05, 0.1) is 11.8 Å². The average molecular weight is 274 g/mol. The molecule has 0 radical (unpaired) electrons. The van der Waals surface area contributed by atoms with E-state index in [9.17, 15) is 4.79 Å². The number of carbonyl (C=O) groups excluding carboxylic acids is 1. The zero-order valence-corrected chi connectivity index (χ0v) is 11.7. The first kappa shape index (κ1) is 12.9. The zero-order valence-electron chi connectivity index (χ0n) is 11.7. The van der Waals surface area contributed by atoms with Crippen LogP contribution in [0.4, 0.5) is 0 Å². The molecule has 6 heteroatoms. The van der Waals surface area contributed by atoms with Crippen LogP contribution in [0.2, 0.25) is 0 Å². The van der Waals surface area contributed by atoms with Crippen LogP contribution in [-0.4, -0.2) is 59.1 Å².